The average Bonchev–Trinajstić information content (AvgIpc) is 2.36. The van der Waals surface area contributed by atoms with Crippen molar-refractivity contribution in [3.63, 3.8) is 0 Å². The molecule has 0 aliphatic carbocycles. The van der Waals surface area contributed by atoms with E-state index in [4.69, 9.17) is 0 Å². The molecule has 0 radical (unpaired) electrons. The van der Waals surface area contributed by atoms with E-state index in [0.717, 1.165) is 17.8 Å². The van der Waals surface area contributed by atoms with Gasteiger partial charge in [-0.25, -0.2) is 9.97 Å². The van der Waals surface area contributed by atoms with E-state index < -0.39 is 0 Å². The van der Waals surface area contributed by atoms with Crippen molar-refractivity contribution in [2.24, 2.45) is 0 Å². The van der Waals surface area contributed by atoms with Crippen LogP contribution in [-0.2, 0) is 0 Å². The molecule has 0 amide bonds. The van der Waals surface area contributed by atoms with Gasteiger partial charge in [0.2, 0.25) is 5.95 Å². The monoisotopic (exact) mass is 242 g/mol. The smallest absolute Gasteiger partial charge is 0.223 e. The number of aromatic nitrogens is 3. The molecule has 2 aromatic heterocycles. The zero-order valence-electron chi connectivity index (χ0n) is 11.0. The highest BCUT2D eigenvalue weighted by Crippen LogP contribution is 2.20. The number of nitrogens with one attached hydrogen (secondary N) is 1. The topological polar surface area (TPSA) is 50.7 Å². The van der Waals surface area contributed by atoms with E-state index >= 15 is 0 Å². The minimum absolute atomic E-state index is 0.217. The third-order valence-electron chi connectivity index (χ3n) is 2.80. The fourth-order valence-corrected chi connectivity index (χ4v) is 1.96. The summed E-state index contributed by atoms with van der Waals surface area (Å²) in [5.41, 5.74) is 3.17. The van der Waals surface area contributed by atoms with Crippen molar-refractivity contribution in [3.8, 4) is 0 Å². The Morgan fingerprint density at radius 3 is 2.28 bits per heavy atom. The summed E-state index contributed by atoms with van der Waals surface area (Å²) in [4.78, 5) is 12.9. The molecule has 2 heterocycles. The van der Waals surface area contributed by atoms with Crippen LogP contribution in [0.25, 0.3) is 0 Å². The molecule has 0 aliphatic rings. The second kappa shape index (κ2) is 5.58. The molecule has 94 valence electrons. The predicted octanol–water partition coefficient (Wildman–Crippen LogP) is 3.05. The number of rotatable bonds is 4. The molecule has 4 nitrogen and oxygen atoms in total. The van der Waals surface area contributed by atoms with Crippen LogP contribution < -0.4 is 5.32 Å². The number of anilines is 1. The quantitative estimate of drug-likeness (QED) is 0.895. The van der Waals surface area contributed by atoms with Gasteiger partial charge in [0.1, 0.15) is 0 Å². The molecule has 1 N–H and O–H groups in total. The summed E-state index contributed by atoms with van der Waals surface area (Å²) >= 11 is 0. The zero-order valence-corrected chi connectivity index (χ0v) is 11.0. The van der Waals surface area contributed by atoms with E-state index in [0.29, 0.717) is 5.95 Å². The van der Waals surface area contributed by atoms with Gasteiger partial charge in [-0.3, -0.25) is 4.98 Å². The van der Waals surface area contributed by atoms with Crippen molar-refractivity contribution >= 4 is 5.95 Å². The first-order valence-electron chi connectivity index (χ1n) is 6.17. The number of nitrogens with zero attached hydrogens (tertiary/aromatic N) is 3. The normalized spacial score (nSPS) is 12.2. The summed E-state index contributed by atoms with van der Waals surface area (Å²) in [6.07, 6.45) is 4.59. The van der Waals surface area contributed by atoms with Gasteiger partial charge >= 0.3 is 0 Å². The molecule has 0 bridgehead atoms. The van der Waals surface area contributed by atoms with Gasteiger partial charge in [-0.05, 0) is 44.0 Å². The highest BCUT2D eigenvalue weighted by Gasteiger charge is 2.10. The van der Waals surface area contributed by atoms with Gasteiger partial charge in [0.15, 0.2) is 0 Å². The number of pyridine rings is 1. The largest absolute Gasteiger partial charge is 0.347 e. The second-order valence-electron chi connectivity index (χ2n) is 4.36. The Hall–Kier alpha value is -1.97. The van der Waals surface area contributed by atoms with Gasteiger partial charge in [0.25, 0.3) is 0 Å². The van der Waals surface area contributed by atoms with Crippen LogP contribution in [0.1, 0.15) is 36.3 Å². The van der Waals surface area contributed by atoms with Gasteiger partial charge < -0.3 is 5.32 Å². The summed E-state index contributed by atoms with van der Waals surface area (Å²) in [6.45, 7) is 6.10. The van der Waals surface area contributed by atoms with Gasteiger partial charge in [-0.1, -0.05) is 6.92 Å². The first-order valence-corrected chi connectivity index (χ1v) is 6.17. The zero-order chi connectivity index (χ0) is 13.0. The first kappa shape index (κ1) is 12.5. The van der Waals surface area contributed by atoms with Crippen LogP contribution in [0.5, 0.6) is 0 Å². The molecular weight excluding hydrogens is 224 g/mol. The third-order valence-corrected chi connectivity index (χ3v) is 2.80. The fraction of sp³-hybridized carbons (Fsp3) is 0.357. The standard InChI is InChI=1S/C14H18N4/c1-4-13(12-5-7-15-8-6-12)18-14-16-10(2)9-11(3)17-14/h5-9,13H,4H2,1-3H3,(H,16,17,18). The maximum atomic E-state index is 4.41. The lowest BCUT2D eigenvalue weighted by molar-refractivity contribution is 0.734. The Balaban J connectivity index is 2.20. The Kier molecular flexibility index (Phi) is 3.87. The number of hydrogen-bond acceptors (Lipinski definition) is 4. The molecule has 4 heteroatoms. The van der Waals surface area contributed by atoms with Crippen LogP contribution in [0.3, 0.4) is 0 Å². The molecule has 0 spiro atoms. The SMILES string of the molecule is CCC(Nc1nc(C)cc(C)n1)c1ccncc1. The van der Waals surface area contributed by atoms with Crippen molar-refractivity contribution in [1.29, 1.82) is 0 Å². The Bertz CT molecular complexity index is 490. The van der Waals surface area contributed by atoms with E-state index in [1.807, 2.05) is 44.4 Å². The van der Waals surface area contributed by atoms with Crippen LogP contribution in [-0.4, -0.2) is 15.0 Å². The maximum Gasteiger partial charge on any atom is 0.223 e. The summed E-state index contributed by atoms with van der Waals surface area (Å²) in [5, 5.41) is 3.38. The van der Waals surface area contributed by atoms with Crippen LogP contribution in [0.4, 0.5) is 5.95 Å². The van der Waals surface area contributed by atoms with Gasteiger partial charge in [-0.15, -0.1) is 0 Å². The molecule has 2 rings (SSSR count). The Labute approximate surface area is 108 Å². The van der Waals surface area contributed by atoms with E-state index in [9.17, 15) is 0 Å². The van der Waals surface area contributed by atoms with Crippen molar-refractivity contribution in [2.75, 3.05) is 5.32 Å². The van der Waals surface area contributed by atoms with Gasteiger partial charge in [0.05, 0.1) is 6.04 Å². The summed E-state index contributed by atoms with van der Waals surface area (Å²) in [7, 11) is 0. The average molecular weight is 242 g/mol. The van der Waals surface area contributed by atoms with Crippen LogP contribution in [0, 0.1) is 13.8 Å². The molecule has 0 saturated carbocycles. The minimum Gasteiger partial charge on any atom is -0.347 e. The van der Waals surface area contributed by atoms with E-state index in [2.05, 4.69) is 27.2 Å². The van der Waals surface area contributed by atoms with Crippen LogP contribution in [0.2, 0.25) is 0 Å². The summed E-state index contributed by atoms with van der Waals surface area (Å²) < 4.78 is 0. The molecule has 0 aromatic carbocycles. The summed E-state index contributed by atoms with van der Waals surface area (Å²) in [5.74, 6) is 0.691. The second-order valence-corrected chi connectivity index (χ2v) is 4.36. The van der Waals surface area contributed by atoms with E-state index in [-0.39, 0.29) is 6.04 Å². The maximum absolute atomic E-state index is 4.41. The van der Waals surface area contributed by atoms with Crippen LogP contribution >= 0.6 is 0 Å². The molecule has 18 heavy (non-hydrogen) atoms. The lowest BCUT2D eigenvalue weighted by atomic mass is 10.1. The molecule has 0 fully saturated rings. The molecule has 1 atom stereocenters. The number of aryl methyl sites for hydroxylation is 2. The molecule has 1 unspecified atom stereocenters. The predicted molar refractivity (Wildman–Crippen MR) is 72.4 cm³/mol. The third kappa shape index (κ3) is 3.03. The lowest BCUT2D eigenvalue weighted by Gasteiger charge is -2.17. The highest BCUT2D eigenvalue weighted by molar-refractivity contribution is 5.32. The van der Waals surface area contributed by atoms with E-state index in [1.165, 1.54) is 5.56 Å². The highest BCUT2D eigenvalue weighted by atomic mass is 15.1. The van der Waals surface area contributed by atoms with Crippen LogP contribution in [0.15, 0.2) is 30.6 Å². The fourth-order valence-electron chi connectivity index (χ4n) is 1.96. The minimum atomic E-state index is 0.217. The van der Waals surface area contributed by atoms with Gasteiger partial charge in [-0.2, -0.15) is 0 Å². The van der Waals surface area contributed by atoms with Crippen molar-refractivity contribution in [3.05, 3.63) is 47.5 Å². The van der Waals surface area contributed by atoms with Crippen molar-refractivity contribution in [1.82, 2.24) is 15.0 Å². The number of hydrogen-bond donors (Lipinski definition) is 1. The van der Waals surface area contributed by atoms with Crippen molar-refractivity contribution in [2.45, 2.75) is 33.2 Å². The molecule has 0 saturated heterocycles. The first-order chi connectivity index (χ1) is 8.69. The van der Waals surface area contributed by atoms with Gasteiger partial charge in [0, 0.05) is 23.8 Å². The molecular formula is C14H18N4. The molecule has 0 aliphatic heterocycles. The molecule has 2 aromatic rings. The summed E-state index contributed by atoms with van der Waals surface area (Å²) in [6, 6.07) is 6.22. The Morgan fingerprint density at radius 1 is 1.11 bits per heavy atom. The lowest BCUT2D eigenvalue weighted by Crippen LogP contribution is -2.12. The Morgan fingerprint density at radius 2 is 1.72 bits per heavy atom. The van der Waals surface area contributed by atoms with Crippen molar-refractivity contribution < 1.29 is 0 Å². The van der Waals surface area contributed by atoms with E-state index in [1.54, 1.807) is 0 Å².